The van der Waals surface area contributed by atoms with Gasteiger partial charge in [-0.25, -0.2) is 0 Å². The number of hydrogen-bond donors (Lipinski definition) is 0. The van der Waals surface area contributed by atoms with Crippen LogP contribution in [0.5, 0.6) is 0 Å². The summed E-state index contributed by atoms with van der Waals surface area (Å²) in [5, 5.41) is 4.26. The lowest BCUT2D eigenvalue weighted by molar-refractivity contribution is 0.107. The van der Waals surface area contributed by atoms with Gasteiger partial charge in [-0.15, -0.1) is 11.6 Å². The van der Waals surface area contributed by atoms with Crippen LogP contribution in [0.3, 0.4) is 0 Å². The van der Waals surface area contributed by atoms with Crippen molar-refractivity contribution in [3.8, 4) is 0 Å². The SMILES string of the molecule is C[Si](C)(C)CCOCN1c2ccccc2CN1CCl. The molecule has 0 aliphatic carbocycles. The fourth-order valence-electron chi connectivity index (χ4n) is 2.12. The van der Waals surface area contributed by atoms with E-state index in [1.165, 1.54) is 17.3 Å². The minimum absolute atomic E-state index is 0.492. The molecule has 0 bridgehead atoms. The number of benzene rings is 1. The van der Waals surface area contributed by atoms with E-state index in [9.17, 15) is 0 Å². The number of rotatable bonds is 6. The van der Waals surface area contributed by atoms with Crippen LogP contribution < -0.4 is 5.01 Å². The summed E-state index contributed by atoms with van der Waals surface area (Å²) < 4.78 is 5.84. The Morgan fingerprint density at radius 2 is 2.00 bits per heavy atom. The number of ether oxygens (including phenoxy) is 1. The highest BCUT2D eigenvalue weighted by Gasteiger charge is 2.26. The number of para-hydroxylation sites is 1. The van der Waals surface area contributed by atoms with E-state index in [4.69, 9.17) is 16.3 Å². The number of anilines is 1. The fraction of sp³-hybridized carbons (Fsp3) is 0.571. The van der Waals surface area contributed by atoms with Crippen molar-refractivity contribution in [1.29, 1.82) is 0 Å². The molecule has 2 rings (SSSR count). The van der Waals surface area contributed by atoms with Crippen molar-refractivity contribution in [2.45, 2.75) is 32.2 Å². The van der Waals surface area contributed by atoms with Crippen LogP contribution in [0, 0.1) is 0 Å². The molecule has 19 heavy (non-hydrogen) atoms. The van der Waals surface area contributed by atoms with Crippen molar-refractivity contribution in [2.24, 2.45) is 0 Å². The van der Waals surface area contributed by atoms with Crippen LogP contribution in [0.1, 0.15) is 5.56 Å². The molecular formula is C14H23ClN2OSi. The van der Waals surface area contributed by atoms with Crippen LogP contribution in [0.15, 0.2) is 24.3 Å². The number of hydrazine groups is 1. The molecule has 0 atom stereocenters. The first-order valence-corrected chi connectivity index (χ1v) is 11.0. The Labute approximate surface area is 122 Å². The van der Waals surface area contributed by atoms with Gasteiger partial charge in [0.1, 0.15) is 6.73 Å². The fourth-order valence-corrected chi connectivity index (χ4v) is 3.09. The Morgan fingerprint density at radius 1 is 1.26 bits per heavy atom. The van der Waals surface area contributed by atoms with E-state index in [-0.39, 0.29) is 0 Å². The Morgan fingerprint density at radius 3 is 2.68 bits per heavy atom. The van der Waals surface area contributed by atoms with E-state index in [0.29, 0.717) is 12.7 Å². The lowest BCUT2D eigenvalue weighted by atomic mass is 10.2. The Hall–Kier alpha value is -0.553. The molecule has 0 spiro atoms. The van der Waals surface area contributed by atoms with Gasteiger partial charge in [-0.3, -0.25) is 5.01 Å². The number of halogens is 1. The Bertz CT molecular complexity index is 422. The van der Waals surface area contributed by atoms with E-state index >= 15 is 0 Å². The van der Waals surface area contributed by atoms with Gasteiger partial charge in [0, 0.05) is 21.2 Å². The number of alkyl halides is 1. The molecule has 0 fully saturated rings. The molecule has 1 aromatic rings. The van der Waals surface area contributed by atoms with Crippen molar-refractivity contribution in [3.05, 3.63) is 29.8 Å². The molecule has 1 aliphatic rings. The van der Waals surface area contributed by atoms with Gasteiger partial charge in [0.25, 0.3) is 0 Å². The molecule has 1 aliphatic heterocycles. The maximum absolute atomic E-state index is 6.01. The van der Waals surface area contributed by atoms with E-state index in [0.717, 1.165) is 13.2 Å². The first-order chi connectivity index (χ1) is 9.01. The van der Waals surface area contributed by atoms with Crippen LogP contribution in [0.2, 0.25) is 25.7 Å². The monoisotopic (exact) mass is 298 g/mol. The second-order valence-electron chi connectivity index (χ2n) is 6.16. The average molecular weight is 299 g/mol. The zero-order chi connectivity index (χ0) is 13.9. The molecule has 1 aromatic carbocycles. The van der Waals surface area contributed by atoms with Crippen LogP contribution in [-0.4, -0.2) is 32.4 Å². The standard InChI is InChI=1S/C14H23ClN2OSi/c1-19(2,3)9-8-18-12-17-14-7-5-4-6-13(14)10-16(17)11-15/h4-7H,8-12H2,1-3H3. The minimum Gasteiger partial charge on any atom is -0.360 e. The van der Waals surface area contributed by atoms with Gasteiger partial charge in [0.15, 0.2) is 0 Å². The van der Waals surface area contributed by atoms with Crippen molar-refractivity contribution in [1.82, 2.24) is 5.01 Å². The van der Waals surface area contributed by atoms with Crippen LogP contribution in [-0.2, 0) is 11.3 Å². The third kappa shape index (κ3) is 3.95. The van der Waals surface area contributed by atoms with E-state index in [1.807, 2.05) is 0 Å². The van der Waals surface area contributed by atoms with Crippen molar-refractivity contribution >= 4 is 25.4 Å². The molecule has 0 N–H and O–H groups in total. The third-order valence-corrected chi connectivity index (χ3v) is 5.29. The predicted octanol–water partition coefficient (Wildman–Crippen LogP) is 3.73. The van der Waals surface area contributed by atoms with Gasteiger partial charge >= 0.3 is 0 Å². The predicted molar refractivity (Wildman–Crippen MR) is 84.2 cm³/mol. The second kappa shape index (κ2) is 6.26. The van der Waals surface area contributed by atoms with Gasteiger partial charge in [-0.2, -0.15) is 5.01 Å². The zero-order valence-corrected chi connectivity index (χ0v) is 13.8. The van der Waals surface area contributed by atoms with Crippen LogP contribution in [0.25, 0.3) is 0 Å². The molecule has 0 saturated carbocycles. The smallest absolute Gasteiger partial charge is 0.133 e. The lowest BCUT2D eigenvalue weighted by Crippen LogP contribution is -2.38. The quantitative estimate of drug-likeness (QED) is 0.344. The molecule has 0 radical (unpaired) electrons. The van der Waals surface area contributed by atoms with Gasteiger partial charge in [-0.1, -0.05) is 37.8 Å². The van der Waals surface area contributed by atoms with E-state index in [1.54, 1.807) is 0 Å². The van der Waals surface area contributed by atoms with E-state index in [2.05, 4.69) is 53.9 Å². The number of hydrogen-bond acceptors (Lipinski definition) is 3. The molecule has 106 valence electrons. The maximum Gasteiger partial charge on any atom is 0.133 e. The molecule has 3 nitrogen and oxygen atoms in total. The molecule has 0 amide bonds. The second-order valence-corrected chi connectivity index (χ2v) is 12.0. The Kier molecular flexibility index (Phi) is 4.90. The zero-order valence-electron chi connectivity index (χ0n) is 12.0. The largest absolute Gasteiger partial charge is 0.360 e. The van der Waals surface area contributed by atoms with Crippen molar-refractivity contribution < 1.29 is 4.74 Å². The van der Waals surface area contributed by atoms with Crippen molar-refractivity contribution in [2.75, 3.05) is 24.4 Å². The van der Waals surface area contributed by atoms with Crippen LogP contribution >= 0.6 is 11.6 Å². The summed E-state index contributed by atoms with van der Waals surface area (Å²) in [6, 6.07) is 10.1. The summed E-state index contributed by atoms with van der Waals surface area (Å²) in [5.41, 5.74) is 2.54. The van der Waals surface area contributed by atoms with E-state index < -0.39 is 8.07 Å². The summed E-state index contributed by atoms with van der Waals surface area (Å²) in [6.07, 6.45) is 0. The minimum atomic E-state index is -1.01. The summed E-state index contributed by atoms with van der Waals surface area (Å²) in [5.74, 6) is 0. The summed E-state index contributed by atoms with van der Waals surface area (Å²) in [6.45, 7) is 9.40. The molecule has 0 aromatic heterocycles. The van der Waals surface area contributed by atoms with Crippen LogP contribution in [0.4, 0.5) is 5.69 Å². The Balaban J connectivity index is 1.91. The lowest BCUT2D eigenvalue weighted by Gasteiger charge is -2.28. The highest BCUT2D eigenvalue weighted by atomic mass is 35.5. The summed E-state index contributed by atoms with van der Waals surface area (Å²) in [4.78, 5) is 0. The first-order valence-electron chi connectivity index (χ1n) is 6.75. The number of fused-ring (bicyclic) bond motifs is 1. The van der Waals surface area contributed by atoms with Gasteiger partial charge < -0.3 is 4.74 Å². The van der Waals surface area contributed by atoms with Crippen molar-refractivity contribution in [3.63, 3.8) is 0 Å². The highest BCUT2D eigenvalue weighted by molar-refractivity contribution is 6.76. The van der Waals surface area contributed by atoms with Gasteiger partial charge in [0.05, 0.1) is 11.7 Å². The third-order valence-electron chi connectivity index (χ3n) is 3.31. The molecule has 0 saturated heterocycles. The topological polar surface area (TPSA) is 15.7 Å². The van der Waals surface area contributed by atoms with Gasteiger partial charge in [-0.05, 0) is 17.7 Å². The maximum atomic E-state index is 6.01. The average Bonchev–Trinajstić information content (AvgIpc) is 2.71. The molecular weight excluding hydrogens is 276 g/mol. The first kappa shape index (κ1) is 14.8. The van der Waals surface area contributed by atoms with Gasteiger partial charge in [0.2, 0.25) is 0 Å². The number of nitrogens with zero attached hydrogens (tertiary/aromatic N) is 2. The highest BCUT2D eigenvalue weighted by Crippen LogP contribution is 2.30. The molecule has 0 unspecified atom stereocenters. The summed E-state index contributed by atoms with van der Waals surface area (Å²) in [7, 11) is -1.01. The molecule has 1 heterocycles. The summed E-state index contributed by atoms with van der Waals surface area (Å²) >= 11 is 6.01. The molecule has 5 heteroatoms. The normalized spacial score (nSPS) is 15.9.